The van der Waals surface area contributed by atoms with Crippen molar-refractivity contribution in [3.05, 3.63) is 52.0 Å². The summed E-state index contributed by atoms with van der Waals surface area (Å²) in [6.45, 7) is 1.94. The van der Waals surface area contributed by atoms with Crippen molar-refractivity contribution in [1.82, 2.24) is 4.98 Å². The van der Waals surface area contributed by atoms with Gasteiger partial charge in [0, 0.05) is 18.3 Å². The average Bonchev–Trinajstić information content (AvgIpc) is 2.71. The van der Waals surface area contributed by atoms with E-state index in [2.05, 4.69) is 10.4 Å². The number of hydrogen-bond acceptors (Lipinski definition) is 3. The lowest BCUT2D eigenvalue weighted by Crippen LogP contribution is -2.01. The Bertz CT molecular complexity index is 408. The Labute approximate surface area is 93.2 Å². The molecule has 0 aliphatic rings. The SMILES string of the molecule is Cc1ccc(C(O)Cc2ccsc2)cn1. The van der Waals surface area contributed by atoms with Gasteiger partial charge in [0.1, 0.15) is 0 Å². The van der Waals surface area contributed by atoms with Crippen LogP contribution in [0.3, 0.4) is 0 Å². The second-order valence-corrected chi connectivity index (χ2v) is 4.36. The normalized spacial score (nSPS) is 12.7. The maximum Gasteiger partial charge on any atom is 0.0845 e. The van der Waals surface area contributed by atoms with Crippen molar-refractivity contribution in [3.8, 4) is 0 Å². The molecule has 2 aromatic rings. The number of nitrogens with zero attached hydrogens (tertiary/aromatic N) is 1. The number of thiophene rings is 1. The molecule has 0 aromatic carbocycles. The van der Waals surface area contributed by atoms with Gasteiger partial charge in [0.2, 0.25) is 0 Å². The zero-order valence-electron chi connectivity index (χ0n) is 8.55. The van der Waals surface area contributed by atoms with E-state index in [9.17, 15) is 5.11 Å². The summed E-state index contributed by atoms with van der Waals surface area (Å²) < 4.78 is 0. The first-order valence-electron chi connectivity index (χ1n) is 4.87. The topological polar surface area (TPSA) is 33.1 Å². The highest BCUT2D eigenvalue weighted by Gasteiger charge is 2.08. The number of pyridine rings is 1. The summed E-state index contributed by atoms with van der Waals surface area (Å²) in [7, 11) is 0. The molecule has 15 heavy (non-hydrogen) atoms. The third-order valence-corrected chi connectivity index (χ3v) is 3.06. The van der Waals surface area contributed by atoms with E-state index in [1.807, 2.05) is 30.5 Å². The lowest BCUT2D eigenvalue weighted by Gasteiger charge is -2.09. The first-order valence-corrected chi connectivity index (χ1v) is 5.81. The smallest absolute Gasteiger partial charge is 0.0845 e. The zero-order valence-corrected chi connectivity index (χ0v) is 9.37. The predicted octanol–water partition coefficient (Wildman–Crippen LogP) is 2.73. The molecule has 0 bridgehead atoms. The van der Waals surface area contributed by atoms with Crippen LogP contribution >= 0.6 is 11.3 Å². The molecule has 3 heteroatoms. The molecule has 0 aliphatic heterocycles. The van der Waals surface area contributed by atoms with Crippen LogP contribution in [0, 0.1) is 6.92 Å². The van der Waals surface area contributed by atoms with Crippen LogP contribution in [0.2, 0.25) is 0 Å². The largest absolute Gasteiger partial charge is 0.388 e. The van der Waals surface area contributed by atoms with E-state index in [0.717, 1.165) is 11.3 Å². The summed E-state index contributed by atoms with van der Waals surface area (Å²) in [5.74, 6) is 0. The van der Waals surface area contributed by atoms with Crippen LogP contribution in [0.15, 0.2) is 35.2 Å². The Balaban J connectivity index is 2.08. The van der Waals surface area contributed by atoms with Gasteiger partial charge in [0.25, 0.3) is 0 Å². The average molecular weight is 219 g/mol. The Kier molecular flexibility index (Phi) is 3.14. The van der Waals surface area contributed by atoms with E-state index in [1.165, 1.54) is 5.56 Å². The quantitative estimate of drug-likeness (QED) is 0.861. The molecule has 0 amide bonds. The molecule has 1 unspecified atom stereocenters. The molecule has 0 saturated heterocycles. The number of aromatic nitrogens is 1. The number of aliphatic hydroxyl groups is 1. The standard InChI is InChI=1S/C12H13NOS/c1-9-2-3-11(7-13-9)12(14)6-10-4-5-15-8-10/h2-5,7-8,12,14H,6H2,1H3. The van der Waals surface area contributed by atoms with E-state index in [4.69, 9.17) is 0 Å². The fourth-order valence-corrected chi connectivity index (χ4v) is 2.11. The summed E-state index contributed by atoms with van der Waals surface area (Å²) in [6.07, 6.45) is 1.95. The summed E-state index contributed by atoms with van der Waals surface area (Å²) in [5, 5.41) is 14.0. The zero-order chi connectivity index (χ0) is 10.7. The molecule has 2 rings (SSSR count). The van der Waals surface area contributed by atoms with E-state index in [-0.39, 0.29) is 0 Å². The van der Waals surface area contributed by atoms with Crippen LogP contribution in [0.4, 0.5) is 0 Å². The van der Waals surface area contributed by atoms with Gasteiger partial charge >= 0.3 is 0 Å². The first-order chi connectivity index (χ1) is 7.25. The summed E-state index contributed by atoms with van der Waals surface area (Å²) in [5.41, 5.74) is 3.03. The van der Waals surface area contributed by atoms with Crippen LogP contribution in [0.5, 0.6) is 0 Å². The van der Waals surface area contributed by atoms with Gasteiger partial charge in [-0.05, 0) is 40.9 Å². The van der Waals surface area contributed by atoms with Crippen LogP contribution < -0.4 is 0 Å². The van der Waals surface area contributed by atoms with Crippen molar-refractivity contribution >= 4 is 11.3 Å². The Morgan fingerprint density at radius 3 is 2.87 bits per heavy atom. The first kappa shape index (κ1) is 10.3. The molecule has 78 valence electrons. The highest BCUT2D eigenvalue weighted by atomic mass is 32.1. The van der Waals surface area contributed by atoms with Gasteiger partial charge in [-0.1, -0.05) is 6.07 Å². The van der Waals surface area contributed by atoms with Crippen LogP contribution in [-0.2, 0) is 6.42 Å². The minimum Gasteiger partial charge on any atom is -0.388 e. The van der Waals surface area contributed by atoms with Gasteiger partial charge < -0.3 is 5.11 Å². The summed E-state index contributed by atoms with van der Waals surface area (Å²) in [6, 6.07) is 5.89. The number of rotatable bonds is 3. The van der Waals surface area contributed by atoms with Gasteiger partial charge in [-0.3, -0.25) is 4.98 Å². The van der Waals surface area contributed by atoms with E-state index in [1.54, 1.807) is 17.5 Å². The van der Waals surface area contributed by atoms with Gasteiger partial charge in [-0.2, -0.15) is 11.3 Å². The molecule has 2 nitrogen and oxygen atoms in total. The lowest BCUT2D eigenvalue weighted by molar-refractivity contribution is 0.178. The Hall–Kier alpha value is -1.19. The minimum atomic E-state index is -0.451. The third kappa shape index (κ3) is 2.64. The van der Waals surface area contributed by atoms with Gasteiger partial charge in [-0.25, -0.2) is 0 Å². The second kappa shape index (κ2) is 4.55. The summed E-state index contributed by atoms with van der Waals surface area (Å²) >= 11 is 1.65. The highest BCUT2D eigenvalue weighted by molar-refractivity contribution is 7.07. The van der Waals surface area contributed by atoms with Crippen LogP contribution in [-0.4, -0.2) is 10.1 Å². The fourth-order valence-electron chi connectivity index (χ4n) is 1.43. The van der Waals surface area contributed by atoms with Gasteiger partial charge in [-0.15, -0.1) is 0 Å². The van der Waals surface area contributed by atoms with Crippen molar-refractivity contribution in [2.45, 2.75) is 19.4 Å². The van der Waals surface area contributed by atoms with Crippen molar-refractivity contribution in [3.63, 3.8) is 0 Å². The van der Waals surface area contributed by atoms with E-state index >= 15 is 0 Å². The van der Waals surface area contributed by atoms with Crippen LogP contribution in [0.1, 0.15) is 22.9 Å². The molecule has 2 heterocycles. The van der Waals surface area contributed by atoms with Crippen molar-refractivity contribution < 1.29 is 5.11 Å². The maximum absolute atomic E-state index is 9.95. The van der Waals surface area contributed by atoms with Crippen LogP contribution in [0.25, 0.3) is 0 Å². The number of aliphatic hydroxyl groups excluding tert-OH is 1. The molecule has 1 N–H and O–H groups in total. The molecule has 0 aliphatic carbocycles. The van der Waals surface area contributed by atoms with E-state index in [0.29, 0.717) is 6.42 Å². The molecule has 0 spiro atoms. The fraction of sp³-hybridized carbons (Fsp3) is 0.250. The minimum absolute atomic E-state index is 0.451. The second-order valence-electron chi connectivity index (χ2n) is 3.58. The lowest BCUT2D eigenvalue weighted by atomic mass is 10.1. The third-order valence-electron chi connectivity index (χ3n) is 2.33. The Morgan fingerprint density at radius 2 is 2.27 bits per heavy atom. The summed E-state index contributed by atoms with van der Waals surface area (Å²) in [4.78, 5) is 4.17. The monoisotopic (exact) mass is 219 g/mol. The maximum atomic E-state index is 9.95. The molecule has 0 saturated carbocycles. The van der Waals surface area contributed by atoms with Crippen molar-refractivity contribution in [2.24, 2.45) is 0 Å². The Morgan fingerprint density at radius 1 is 1.40 bits per heavy atom. The molecule has 0 radical (unpaired) electrons. The predicted molar refractivity (Wildman–Crippen MR) is 62.0 cm³/mol. The number of hydrogen-bond donors (Lipinski definition) is 1. The van der Waals surface area contributed by atoms with E-state index < -0.39 is 6.10 Å². The molecule has 1 atom stereocenters. The molecule has 2 aromatic heterocycles. The highest BCUT2D eigenvalue weighted by Crippen LogP contribution is 2.19. The molecule has 0 fully saturated rings. The van der Waals surface area contributed by atoms with Gasteiger partial charge in [0.15, 0.2) is 0 Å². The molecular weight excluding hydrogens is 206 g/mol. The van der Waals surface area contributed by atoms with Crippen molar-refractivity contribution in [2.75, 3.05) is 0 Å². The van der Waals surface area contributed by atoms with Gasteiger partial charge in [0.05, 0.1) is 6.10 Å². The molecular formula is C12H13NOS. The number of aryl methyl sites for hydroxylation is 1. The van der Waals surface area contributed by atoms with Crippen molar-refractivity contribution in [1.29, 1.82) is 0 Å².